The van der Waals surface area contributed by atoms with Crippen LogP contribution in [0.3, 0.4) is 0 Å². The number of rotatable bonds is 12. The van der Waals surface area contributed by atoms with Crippen LogP contribution in [0.2, 0.25) is 0 Å². The maximum absolute atomic E-state index is 6.15. The van der Waals surface area contributed by atoms with Crippen molar-refractivity contribution < 1.29 is 14.2 Å². The van der Waals surface area contributed by atoms with E-state index in [0.717, 1.165) is 69.4 Å². The molecule has 6 heteroatoms. The molecule has 42 heavy (non-hydrogen) atoms. The second-order valence-electron chi connectivity index (χ2n) is 11.2. The first kappa shape index (κ1) is 30.3. The first-order valence-corrected chi connectivity index (χ1v) is 14.0. The summed E-state index contributed by atoms with van der Waals surface area (Å²) in [7, 11) is 0. The van der Waals surface area contributed by atoms with Gasteiger partial charge in [0.25, 0.3) is 0 Å². The average molecular weight is 562 g/mol. The highest BCUT2D eigenvalue weighted by Gasteiger charge is 2.16. The molecule has 0 unspecified atom stereocenters. The standard InChI is InChI=1S/C36H39N3O3/c1-22(2)16-28-10-13-31(25(7)19-28)40-34-37-35(41-32-14-11-29(17-23(3)4)20-26(32)8)39-36(38-34)42-33-15-12-30(18-24(5)6)21-27(33)9/h10-15,19-21H,1,3,5,16-18H2,2,4,6-9H3. The summed E-state index contributed by atoms with van der Waals surface area (Å²) in [6.07, 6.45) is 2.41. The van der Waals surface area contributed by atoms with Crippen LogP contribution in [0.15, 0.2) is 91.1 Å². The van der Waals surface area contributed by atoms with Crippen molar-refractivity contribution in [2.24, 2.45) is 0 Å². The van der Waals surface area contributed by atoms with Crippen LogP contribution in [-0.2, 0) is 19.3 Å². The fraction of sp³-hybridized carbons (Fsp3) is 0.250. The summed E-state index contributed by atoms with van der Waals surface area (Å²) >= 11 is 0. The van der Waals surface area contributed by atoms with Crippen molar-refractivity contribution in [1.82, 2.24) is 15.0 Å². The molecule has 4 aromatic rings. The molecule has 0 atom stereocenters. The Bertz CT molecular complexity index is 1450. The lowest BCUT2D eigenvalue weighted by Gasteiger charge is -2.14. The van der Waals surface area contributed by atoms with E-state index < -0.39 is 0 Å². The van der Waals surface area contributed by atoms with Crippen molar-refractivity contribution in [1.29, 1.82) is 0 Å². The van der Waals surface area contributed by atoms with E-state index in [9.17, 15) is 0 Å². The van der Waals surface area contributed by atoms with Gasteiger partial charge in [-0.2, -0.15) is 0 Å². The third-order valence-corrected chi connectivity index (χ3v) is 6.41. The van der Waals surface area contributed by atoms with Gasteiger partial charge >= 0.3 is 18.0 Å². The summed E-state index contributed by atoms with van der Waals surface area (Å²) in [4.78, 5) is 13.4. The predicted molar refractivity (Wildman–Crippen MR) is 169 cm³/mol. The Morgan fingerprint density at radius 3 is 0.976 bits per heavy atom. The third-order valence-electron chi connectivity index (χ3n) is 6.41. The maximum atomic E-state index is 6.15. The highest BCUT2D eigenvalue weighted by molar-refractivity contribution is 5.42. The molecule has 0 fully saturated rings. The van der Waals surface area contributed by atoms with Gasteiger partial charge in [-0.05, 0) is 112 Å². The molecular weight excluding hydrogens is 522 g/mol. The summed E-state index contributed by atoms with van der Waals surface area (Å²) in [6.45, 7) is 24.0. The lowest BCUT2D eigenvalue weighted by Crippen LogP contribution is -2.03. The Labute approximate surface area is 249 Å². The van der Waals surface area contributed by atoms with E-state index in [-0.39, 0.29) is 18.0 Å². The lowest BCUT2D eigenvalue weighted by molar-refractivity contribution is 0.359. The second kappa shape index (κ2) is 13.3. The average Bonchev–Trinajstić information content (AvgIpc) is 2.88. The molecule has 0 saturated carbocycles. The van der Waals surface area contributed by atoms with Crippen molar-refractivity contribution in [3.8, 4) is 35.3 Å². The molecule has 0 aliphatic carbocycles. The predicted octanol–water partition coefficient (Wildman–Crippen LogP) is 9.53. The van der Waals surface area contributed by atoms with E-state index in [4.69, 9.17) is 14.2 Å². The molecule has 0 aliphatic rings. The summed E-state index contributed by atoms with van der Waals surface area (Å²) in [6, 6.07) is 18.2. The van der Waals surface area contributed by atoms with E-state index in [2.05, 4.69) is 52.9 Å². The highest BCUT2D eigenvalue weighted by Crippen LogP contribution is 2.31. The molecule has 1 heterocycles. The topological polar surface area (TPSA) is 66.4 Å². The van der Waals surface area contributed by atoms with Crippen LogP contribution in [0.5, 0.6) is 35.3 Å². The zero-order valence-corrected chi connectivity index (χ0v) is 25.5. The number of aromatic nitrogens is 3. The van der Waals surface area contributed by atoms with Gasteiger partial charge in [0, 0.05) is 0 Å². The Morgan fingerprint density at radius 2 is 0.762 bits per heavy atom. The van der Waals surface area contributed by atoms with Gasteiger partial charge in [-0.3, -0.25) is 0 Å². The lowest BCUT2D eigenvalue weighted by atomic mass is 10.0. The largest absolute Gasteiger partial charge is 0.424 e. The van der Waals surface area contributed by atoms with Crippen molar-refractivity contribution in [2.45, 2.75) is 60.8 Å². The van der Waals surface area contributed by atoms with Crippen LogP contribution in [0.1, 0.15) is 54.2 Å². The molecular formula is C36H39N3O3. The number of aryl methyl sites for hydroxylation is 3. The van der Waals surface area contributed by atoms with Crippen LogP contribution in [0.25, 0.3) is 0 Å². The number of hydrogen-bond acceptors (Lipinski definition) is 6. The highest BCUT2D eigenvalue weighted by atomic mass is 16.5. The Hall–Kier alpha value is -4.71. The number of benzene rings is 3. The summed E-state index contributed by atoms with van der Waals surface area (Å²) in [5.74, 6) is 1.89. The van der Waals surface area contributed by atoms with Crippen LogP contribution in [0.4, 0.5) is 0 Å². The van der Waals surface area contributed by atoms with E-state index in [0.29, 0.717) is 17.2 Å². The van der Waals surface area contributed by atoms with Crippen LogP contribution in [0, 0.1) is 20.8 Å². The number of ether oxygens (including phenoxy) is 3. The SMILES string of the molecule is C=C(C)Cc1ccc(Oc2nc(Oc3ccc(CC(=C)C)cc3C)nc(Oc3ccc(CC(=C)C)cc3C)n2)c(C)c1. The van der Waals surface area contributed by atoms with Gasteiger partial charge in [0.2, 0.25) is 0 Å². The van der Waals surface area contributed by atoms with Gasteiger partial charge in [0.1, 0.15) is 17.2 Å². The molecule has 4 rings (SSSR count). The molecule has 0 bridgehead atoms. The fourth-order valence-corrected chi connectivity index (χ4v) is 4.61. The Morgan fingerprint density at radius 1 is 0.500 bits per heavy atom. The van der Waals surface area contributed by atoms with Crippen molar-refractivity contribution in [2.75, 3.05) is 0 Å². The first-order valence-electron chi connectivity index (χ1n) is 14.0. The maximum Gasteiger partial charge on any atom is 0.331 e. The fourth-order valence-electron chi connectivity index (χ4n) is 4.61. The molecule has 0 spiro atoms. The zero-order valence-electron chi connectivity index (χ0n) is 25.5. The van der Waals surface area contributed by atoms with Gasteiger partial charge in [-0.1, -0.05) is 72.9 Å². The van der Waals surface area contributed by atoms with E-state index >= 15 is 0 Å². The molecule has 3 aromatic carbocycles. The Balaban J connectivity index is 1.67. The monoisotopic (exact) mass is 561 g/mol. The second-order valence-corrected chi connectivity index (χ2v) is 11.2. The van der Waals surface area contributed by atoms with Crippen molar-refractivity contribution >= 4 is 0 Å². The molecule has 216 valence electrons. The minimum absolute atomic E-state index is 0.0684. The zero-order chi connectivity index (χ0) is 30.4. The molecule has 0 saturated heterocycles. The van der Waals surface area contributed by atoms with Gasteiger partial charge in [-0.25, -0.2) is 0 Å². The summed E-state index contributed by atoms with van der Waals surface area (Å²) < 4.78 is 18.4. The molecule has 0 aliphatic heterocycles. The van der Waals surface area contributed by atoms with E-state index in [1.54, 1.807) is 0 Å². The molecule has 0 N–H and O–H groups in total. The molecule has 0 amide bonds. The van der Waals surface area contributed by atoms with Crippen LogP contribution in [-0.4, -0.2) is 15.0 Å². The number of nitrogens with zero attached hydrogens (tertiary/aromatic N) is 3. The van der Waals surface area contributed by atoms with Gasteiger partial charge in [0.05, 0.1) is 0 Å². The van der Waals surface area contributed by atoms with Gasteiger partial charge in [-0.15, -0.1) is 15.0 Å². The van der Waals surface area contributed by atoms with Crippen molar-refractivity contribution in [3.05, 3.63) is 124 Å². The van der Waals surface area contributed by atoms with Gasteiger partial charge in [0.15, 0.2) is 0 Å². The molecule has 1 aromatic heterocycles. The van der Waals surface area contributed by atoms with Crippen molar-refractivity contribution in [3.63, 3.8) is 0 Å². The van der Waals surface area contributed by atoms with E-state index in [1.807, 2.05) is 77.9 Å². The first-order chi connectivity index (χ1) is 19.9. The minimum atomic E-state index is 0.0684. The van der Waals surface area contributed by atoms with Crippen LogP contribution < -0.4 is 14.2 Å². The van der Waals surface area contributed by atoms with Crippen LogP contribution >= 0.6 is 0 Å². The normalized spacial score (nSPS) is 10.7. The summed E-state index contributed by atoms with van der Waals surface area (Å²) in [5, 5.41) is 0. The number of hydrogen-bond donors (Lipinski definition) is 0. The molecule has 0 radical (unpaired) electrons. The smallest absolute Gasteiger partial charge is 0.331 e. The van der Waals surface area contributed by atoms with E-state index in [1.165, 1.54) is 0 Å². The molecule has 6 nitrogen and oxygen atoms in total. The minimum Gasteiger partial charge on any atom is -0.424 e. The third kappa shape index (κ3) is 8.40. The summed E-state index contributed by atoms with van der Waals surface area (Å²) in [5.41, 5.74) is 9.61. The number of allylic oxidation sites excluding steroid dienone is 3. The Kier molecular flexibility index (Phi) is 9.58. The quantitative estimate of drug-likeness (QED) is 0.160. The van der Waals surface area contributed by atoms with Gasteiger partial charge < -0.3 is 14.2 Å².